The summed E-state index contributed by atoms with van der Waals surface area (Å²) in [4.78, 5) is 18.6. The number of nitrogens with one attached hydrogen (secondary N) is 1. The van der Waals surface area contributed by atoms with Crippen molar-refractivity contribution in [1.82, 2.24) is 24.2 Å². The molecule has 3 heterocycles. The number of anilines is 2. The summed E-state index contributed by atoms with van der Waals surface area (Å²) in [5.74, 6) is 1.51. The molecule has 1 saturated heterocycles. The number of sulfonamides is 1. The molecule has 0 aliphatic carbocycles. The van der Waals surface area contributed by atoms with E-state index in [1.54, 1.807) is 6.20 Å². The third kappa shape index (κ3) is 3.08. The highest BCUT2D eigenvalue weighted by Crippen LogP contribution is 2.25. The van der Waals surface area contributed by atoms with Gasteiger partial charge in [0.2, 0.25) is 10.0 Å². The maximum Gasteiger partial charge on any atom is 0.211 e. The lowest BCUT2D eigenvalue weighted by Gasteiger charge is -2.33. The van der Waals surface area contributed by atoms with Crippen LogP contribution in [0.25, 0.3) is 22.6 Å². The molecule has 1 aliphatic heterocycles. The summed E-state index contributed by atoms with van der Waals surface area (Å²) in [7, 11) is -3.17. The Morgan fingerprint density at radius 1 is 1.15 bits per heavy atom. The van der Waals surface area contributed by atoms with Crippen molar-refractivity contribution in [2.24, 2.45) is 0 Å². The molecule has 0 saturated carbocycles. The van der Waals surface area contributed by atoms with E-state index in [1.807, 2.05) is 29.2 Å². The molecule has 0 amide bonds. The van der Waals surface area contributed by atoms with Gasteiger partial charge in [0.15, 0.2) is 17.3 Å². The number of piperazine rings is 1. The van der Waals surface area contributed by atoms with Crippen LogP contribution in [0.15, 0.2) is 30.5 Å². The monoisotopic (exact) mass is 375 g/mol. The fourth-order valence-corrected chi connectivity index (χ4v) is 3.86. The van der Waals surface area contributed by atoms with Crippen LogP contribution >= 0.6 is 0 Å². The number of hydrogen-bond acceptors (Lipinski definition) is 7. The van der Waals surface area contributed by atoms with Crippen molar-refractivity contribution in [2.75, 3.05) is 43.1 Å². The van der Waals surface area contributed by atoms with E-state index in [1.165, 1.54) is 10.6 Å². The van der Waals surface area contributed by atoms with Crippen LogP contribution < -0.4 is 10.6 Å². The highest BCUT2D eigenvalue weighted by Gasteiger charge is 2.25. The Labute approximate surface area is 152 Å². The summed E-state index contributed by atoms with van der Waals surface area (Å²) < 4.78 is 24.8. The Bertz CT molecular complexity index is 1030. The van der Waals surface area contributed by atoms with Crippen molar-refractivity contribution in [3.63, 3.8) is 0 Å². The van der Waals surface area contributed by atoms with Crippen molar-refractivity contribution in [1.29, 1.82) is 0 Å². The average Bonchev–Trinajstić information content (AvgIpc) is 3.05. The van der Waals surface area contributed by atoms with Crippen LogP contribution in [-0.4, -0.2) is 65.1 Å². The van der Waals surface area contributed by atoms with E-state index in [2.05, 4.69) is 19.9 Å². The zero-order valence-corrected chi connectivity index (χ0v) is 15.1. The lowest BCUT2D eigenvalue weighted by Crippen LogP contribution is -2.48. The molecular formula is C16H21N7O2S. The van der Waals surface area contributed by atoms with Crippen molar-refractivity contribution < 1.29 is 9.84 Å². The minimum Gasteiger partial charge on any atom is -0.382 e. The minimum atomic E-state index is -3.17. The number of imidazole rings is 1. The lowest BCUT2D eigenvalue weighted by atomic mass is 10.3. The number of hydrogen-bond donors (Lipinski definition) is 2. The van der Waals surface area contributed by atoms with Gasteiger partial charge in [-0.05, 0) is 12.1 Å². The van der Waals surface area contributed by atoms with E-state index in [9.17, 15) is 8.42 Å². The smallest absolute Gasteiger partial charge is 0.211 e. The van der Waals surface area contributed by atoms with E-state index in [4.69, 9.17) is 5.73 Å². The van der Waals surface area contributed by atoms with Crippen LogP contribution in [0.2, 0.25) is 0 Å². The molecule has 3 aromatic rings. The lowest BCUT2D eigenvalue weighted by molar-refractivity contribution is 0.387. The number of para-hydroxylation sites is 2. The number of aromatic amines is 1. The molecule has 9 nitrogen and oxygen atoms in total. The molecule has 0 unspecified atom stereocenters. The van der Waals surface area contributed by atoms with Crippen LogP contribution in [0.3, 0.4) is 0 Å². The number of aromatic nitrogens is 4. The van der Waals surface area contributed by atoms with Gasteiger partial charge in [0.05, 0.1) is 23.5 Å². The fraction of sp³-hybridized carbons (Fsp3) is 0.312. The van der Waals surface area contributed by atoms with Gasteiger partial charge >= 0.3 is 0 Å². The molecule has 0 bridgehead atoms. The van der Waals surface area contributed by atoms with Crippen LogP contribution in [0.1, 0.15) is 1.43 Å². The van der Waals surface area contributed by atoms with E-state index >= 15 is 0 Å². The van der Waals surface area contributed by atoms with E-state index in [0.29, 0.717) is 49.3 Å². The first-order valence-corrected chi connectivity index (χ1v) is 10.0. The van der Waals surface area contributed by atoms with Gasteiger partial charge in [-0.3, -0.25) is 0 Å². The van der Waals surface area contributed by atoms with E-state index in [0.717, 1.165) is 11.0 Å². The maximum atomic E-state index is 11.6. The van der Waals surface area contributed by atoms with Crippen molar-refractivity contribution in [2.45, 2.75) is 0 Å². The number of benzene rings is 1. The summed E-state index contributed by atoms with van der Waals surface area (Å²) in [5.41, 5.74) is 8.23. The average molecular weight is 375 g/mol. The largest absolute Gasteiger partial charge is 0.382 e. The zero-order chi connectivity index (χ0) is 18.3. The van der Waals surface area contributed by atoms with Gasteiger partial charge in [0.25, 0.3) is 0 Å². The third-order valence-corrected chi connectivity index (χ3v) is 5.74. The van der Waals surface area contributed by atoms with Gasteiger partial charge in [-0.15, -0.1) is 0 Å². The fourth-order valence-electron chi connectivity index (χ4n) is 3.03. The Hall–Kier alpha value is -2.72. The molecular weight excluding hydrogens is 354 g/mol. The first kappa shape index (κ1) is 16.7. The van der Waals surface area contributed by atoms with E-state index < -0.39 is 10.0 Å². The summed E-state index contributed by atoms with van der Waals surface area (Å²) in [6.45, 7) is 1.94. The summed E-state index contributed by atoms with van der Waals surface area (Å²) >= 11 is 0. The molecule has 26 heavy (non-hydrogen) atoms. The normalized spacial score (nSPS) is 16.3. The van der Waals surface area contributed by atoms with Gasteiger partial charge < -0.3 is 15.6 Å². The molecule has 1 aliphatic rings. The van der Waals surface area contributed by atoms with Crippen LogP contribution in [0, 0.1) is 0 Å². The summed E-state index contributed by atoms with van der Waals surface area (Å²) in [6.07, 6.45) is 2.84. The standard InChI is InChI=1S/C16H19N7O2S.H2/c1-26(24,25)23-8-6-22(7-9-23)13-10-18-15(17)14(21-13)16-19-11-4-2-3-5-12(11)20-16;/h2-5,10H,6-9H2,1H3,(H2,17,18)(H,19,20);1H. The predicted octanol–water partition coefficient (Wildman–Crippen LogP) is 0.930. The van der Waals surface area contributed by atoms with Crippen molar-refractivity contribution in [3.05, 3.63) is 30.5 Å². The Balaban J connectivity index is 0.00000210. The number of rotatable bonds is 3. The number of nitrogen functional groups attached to an aromatic ring is 1. The second-order valence-corrected chi connectivity index (χ2v) is 8.20. The van der Waals surface area contributed by atoms with Crippen LogP contribution in [0.5, 0.6) is 0 Å². The maximum absolute atomic E-state index is 11.6. The van der Waals surface area contributed by atoms with Gasteiger partial charge in [0.1, 0.15) is 5.82 Å². The summed E-state index contributed by atoms with van der Waals surface area (Å²) in [6, 6.07) is 7.69. The number of nitrogens with zero attached hydrogens (tertiary/aromatic N) is 5. The van der Waals surface area contributed by atoms with Gasteiger partial charge in [-0.2, -0.15) is 4.31 Å². The number of nitrogens with two attached hydrogens (primary N) is 1. The van der Waals surface area contributed by atoms with E-state index in [-0.39, 0.29) is 1.43 Å². The first-order valence-electron chi connectivity index (χ1n) is 8.19. The third-order valence-electron chi connectivity index (χ3n) is 4.43. The molecule has 0 atom stereocenters. The molecule has 1 aromatic carbocycles. The number of fused-ring (bicyclic) bond motifs is 1. The van der Waals surface area contributed by atoms with Crippen LogP contribution in [-0.2, 0) is 10.0 Å². The van der Waals surface area contributed by atoms with Crippen molar-refractivity contribution in [3.8, 4) is 11.5 Å². The SMILES string of the molecule is CS(=O)(=O)N1CCN(c2cnc(N)c(-c3nc4ccccc4[nH]3)n2)CC1.[HH]. The highest BCUT2D eigenvalue weighted by atomic mass is 32.2. The molecule has 1 fully saturated rings. The van der Waals surface area contributed by atoms with Gasteiger partial charge in [-0.25, -0.2) is 23.4 Å². The topological polar surface area (TPSA) is 121 Å². The number of H-pyrrole nitrogens is 1. The van der Waals surface area contributed by atoms with Gasteiger partial charge in [0, 0.05) is 27.6 Å². The molecule has 0 radical (unpaired) electrons. The molecule has 138 valence electrons. The summed E-state index contributed by atoms with van der Waals surface area (Å²) in [5, 5.41) is 0. The molecule has 0 spiro atoms. The second-order valence-electron chi connectivity index (χ2n) is 6.21. The molecule has 3 N–H and O–H groups in total. The zero-order valence-electron chi connectivity index (χ0n) is 14.3. The molecule has 2 aromatic heterocycles. The Morgan fingerprint density at radius 3 is 2.58 bits per heavy atom. The second kappa shape index (κ2) is 6.22. The highest BCUT2D eigenvalue weighted by molar-refractivity contribution is 7.88. The minimum absolute atomic E-state index is 0. The molecule has 4 rings (SSSR count). The van der Waals surface area contributed by atoms with Crippen LogP contribution in [0.4, 0.5) is 11.6 Å². The Kier molecular flexibility index (Phi) is 4.00. The quantitative estimate of drug-likeness (QED) is 0.698. The Morgan fingerprint density at radius 2 is 1.88 bits per heavy atom. The van der Waals surface area contributed by atoms with Gasteiger partial charge in [-0.1, -0.05) is 12.1 Å². The van der Waals surface area contributed by atoms with Crippen molar-refractivity contribution >= 4 is 32.7 Å². The molecule has 10 heteroatoms. The first-order chi connectivity index (χ1) is 12.4. The predicted molar refractivity (Wildman–Crippen MR) is 102 cm³/mol.